The Morgan fingerprint density at radius 3 is 2.54 bits per heavy atom. The highest BCUT2D eigenvalue weighted by atomic mass is 35.5. The van der Waals surface area contributed by atoms with Crippen LogP contribution in [0.3, 0.4) is 0 Å². The van der Waals surface area contributed by atoms with Crippen molar-refractivity contribution >= 4 is 44.6 Å². The van der Waals surface area contributed by atoms with Crippen LogP contribution in [0.15, 0.2) is 23.1 Å². The molecule has 0 spiro atoms. The first-order valence-electron chi connectivity index (χ1n) is 8.62. The van der Waals surface area contributed by atoms with Crippen LogP contribution in [0.1, 0.15) is 0 Å². The van der Waals surface area contributed by atoms with E-state index in [1.165, 1.54) is 15.3 Å². The summed E-state index contributed by atoms with van der Waals surface area (Å²) in [5.74, 6) is 0. The zero-order valence-electron chi connectivity index (χ0n) is 14.7. The maximum atomic E-state index is 12.8. The van der Waals surface area contributed by atoms with Gasteiger partial charge in [-0.25, -0.2) is 8.42 Å². The van der Waals surface area contributed by atoms with Crippen LogP contribution in [0.25, 0.3) is 0 Å². The van der Waals surface area contributed by atoms with Crippen molar-refractivity contribution in [3.05, 3.63) is 23.2 Å². The normalized spacial score (nSPS) is 20.2. The number of hydrogen-bond donors (Lipinski definition) is 2. The van der Waals surface area contributed by atoms with Crippen molar-refractivity contribution in [1.29, 1.82) is 0 Å². The van der Waals surface area contributed by atoms with Crippen molar-refractivity contribution < 1.29 is 18.1 Å². The van der Waals surface area contributed by atoms with Gasteiger partial charge in [0.05, 0.1) is 62.0 Å². The Labute approximate surface area is 164 Å². The number of nitrogens with one attached hydrogen (secondary N) is 2. The lowest BCUT2D eigenvalue weighted by Crippen LogP contribution is -3.12. The van der Waals surface area contributed by atoms with Gasteiger partial charge in [-0.3, -0.25) is 0 Å². The van der Waals surface area contributed by atoms with E-state index in [0.717, 1.165) is 26.2 Å². The van der Waals surface area contributed by atoms with Gasteiger partial charge in [0.1, 0.15) is 0 Å². The van der Waals surface area contributed by atoms with Gasteiger partial charge in [0.15, 0.2) is 5.11 Å². The summed E-state index contributed by atoms with van der Waals surface area (Å²) in [6.45, 7) is 5.29. The SMILES string of the molecule is C[NH+]1CCN(C(=S)Nc2cc(S(=O)(=O)N3CCOCC3)ccc2Cl)CC1. The maximum Gasteiger partial charge on any atom is 0.243 e. The van der Waals surface area contributed by atoms with Crippen LogP contribution in [-0.4, -0.2) is 82.3 Å². The number of morpholine rings is 1. The van der Waals surface area contributed by atoms with E-state index >= 15 is 0 Å². The Kier molecular flexibility index (Phi) is 6.37. The number of thiocarbonyl (C=S) groups is 1. The first kappa shape index (κ1) is 19.8. The van der Waals surface area contributed by atoms with E-state index < -0.39 is 10.0 Å². The van der Waals surface area contributed by atoms with E-state index in [2.05, 4.69) is 17.3 Å². The Balaban J connectivity index is 1.76. The molecule has 2 aliphatic heterocycles. The summed E-state index contributed by atoms with van der Waals surface area (Å²) >= 11 is 11.8. The lowest BCUT2D eigenvalue weighted by atomic mass is 10.3. The fourth-order valence-corrected chi connectivity index (χ4v) is 4.87. The molecule has 2 N–H and O–H groups in total. The summed E-state index contributed by atoms with van der Waals surface area (Å²) in [5.41, 5.74) is 0.511. The molecule has 3 rings (SSSR count). The van der Waals surface area contributed by atoms with Crippen molar-refractivity contribution in [1.82, 2.24) is 9.21 Å². The third kappa shape index (κ3) is 4.47. The fraction of sp³-hybridized carbons (Fsp3) is 0.562. The monoisotopic (exact) mass is 419 g/mol. The topological polar surface area (TPSA) is 66.3 Å². The molecule has 0 aliphatic carbocycles. The highest BCUT2D eigenvalue weighted by molar-refractivity contribution is 7.89. The number of anilines is 1. The predicted octanol–water partition coefficient (Wildman–Crippen LogP) is -0.112. The van der Waals surface area contributed by atoms with Gasteiger partial charge in [-0.2, -0.15) is 4.31 Å². The van der Waals surface area contributed by atoms with Crippen LogP contribution in [-0.2, 0) is 14.8 Å². The number of hydrogen-bond acceptors (Lipinski definition) is 4. The first-order valence-corrected chi connectivity index (χ1v) is 10.9. The molecule has 0 aromatic heterocycles. The summed E-state index contributed by atoms with van der Waals surface area (Å²) in [5, 5.41) is 4.13. The van der Waals surface area contributed by atoms with Crippen LogP contribution in [0, 0.1) is 0 Å². The van der Waals surface area contributed by atoms with E-state index in [-0.39, 0.29) is 4.90 Å². The molecule has 2 saturated heterocycles. The number of ether oxygens (including phenoxy) is 1. The van der Waals surface area contributed by atoms with Crippen molar-refractivity contribution in [3.8, 4) is 0 Å². The molecule has 144 valence electrons. The molecule has 1 aromatic carbocycles. The molecule has 2 fully saturated rings. The third-order valence-corrected chi connectivity index (χ3v) is 7.28. The van der Waals surface area contributed by atoms with Gasteiger partial charge in [-0.05, 0) is 30.4 Å². The number of sulfonamides is 1. The number of piperazine rings is 1. The molecular formula is C16H24ClN4O3S2+. The second-order valence-corrected chi connectivity index (χ2v) is 9.26. The summed E-state index contributed by atoms with van der Waals surface area (Å²) in [4.78, 5) is 3.76. The predicted molar refractivity (Wildman–Crippen MR) is 105 cm³/mol. The molecule has 2 heterocycles. The smallest absolute Gasteiger partial charge is 0.243 e. The van der Waals surface area contributed by atoms with Crippen LogP contribution < -0.4 is 10.2 Å². The van der Waals surface area contributed by atoms with E-state index in [0.29, 0.717) is 42.1 Å². The van der Waals surface area contributed by atoms with E-state index in [1.54, 1.807) is 12.1 Å². The summed E-state index contributed by atoms with van der Waals surface area (Å²) in [7, 11) is -1.42. The summed E-state index contributed by atoms with van der Waals surface area (Å²) < 4.78 is 32.3. The molecule has 0 bridgehead atoms. The molecule has 0 saturated carbocycles. The molecule has 1 aromatic rings. The second-order valence-electron chi connectivity index (χ2n) is 6.53. The minimum Gasteiger partial charge on any atom is -0.379 e. The van der Waals surface area contributed by atoms with E-state index in [1.807, 2.05) is 0 Å². The van der Waals surface area contributed by atoms with Gasteiger partial charge < -0.3 is 19.9 Å². The van der Waals surface area contributed by atoms with Crippen molar-refractivity contribution in [2.75, 3.05) is 64.8 Å². The first-order chi connectivity index (χ1) is 12.4. The molecule has 7 nitrogen and oxygen atoms in total. The second kappa shape index (κ2) is 8.37. The largest absolute Gasteiger partial charge is 0.379 e. The minimum absolute atomic E-state index is 0.205. The lowest BCUT2D eigenvalue weighted by molar-refractivity contribution is -0.883. The highest BCUT2D eigenvalue weighted by Gasteiger charge is 2.27. The van der Waals surface area contributed by atoms with Crippen LogP contribution in [0.5, 0.6) is 0 Å². The molecular weight excluding hydrogens is 396 g/mol. The van der Waals surface area contributed by atoms with Crippen molar-refractivity contribution in [3.63, 3.8) is 0 Å². The quantitative estimate of drug-likeness (QED) is 0.666. The van der Waals surface area contributed by atoms with Crippen LogP contribution in [0.2, 0.25) is 5.02 Å². The standard InChI is InChI=1S/C16H23ClN4O3S2/c1-19-4-6-20(7-5-19)16(25)18-15-12-13(2-3-14(15)17)26(22,23)21-8-10-24-11-9-21/h2-3,12H,4-11H2,1H3,(H,18,25)/p+1. The van der Waals surface area contributed by atoms with Gasteiger partial charge in [0.25, 0.3) is 0 Å². The van der Waals surface area contributed by atoms with E-state index in [4.69, 9.17) is 28.6 Å². The number of halogens is 1. The zero-order valence-corrected chi connectivity index (χ0v) is 17.1. The van der Waals surface area contributed by atoms with Crippen molar-refractivity contribution in [2.24, 2.45) is 0 Å². The van der Waals surface area contributed by atoms with Gasteiger partial charge in [-0.1, -0.05) is 11.6 Å². The Bertz CT molecular complexity index is 761. The minimum atomic E-state index is -3.57. The van der Waals surface area contributed by atoms with Crippen molar-refractivity contribution in [2.45, 2.75) is 4.90 Å². The van der Waals surface area contributed by atoms with Gasteiger partial charge in [-0.15, -0.1) is 0 Å². The average Bonchev–Trinajstić information content (AvgIpc) is 2.64. The Morgan fingerprint density at radius 1 is 1.23 bits per heavy atom. The fourth-order valence-electron chi connectivity index (χ4n) is 2.98. The number of likely N-dealkylation sites (N-methyl/N-ethyl adjacent to an activating group) is 1. The average molecular weight is 420 g/mol. The number of quaternary nitrogens is 1. The molecule has 10 heteroatoms. The summed E-state index contributed by atoms with van der Waals surface area (Å²) in [6, 6.07) is 4.68. The van der Waals surface area contributed by atoms with Gasteiger partial charge in [0.2, 0.25) is 10.0 Å². The molecule has 0 amide bonds. The number of rotatable bonds is 3. The molecule has 2 aliphatic rings. The lowest BCUT2D eigenvalue weighted by Gasteiger charge is -2.32. The zero-order chi connectivity index (χ0) is 18.7. The molecule has 26 heavy (non-hydrogen) atoms. The molecule has 0 atom stereocenters. The highest BCUT2D eigenvalue weighted by Crippen LogP contribution is 2.27. The molecule has 0 radical (unpaired) electrons. The maximum absolute atomic E-state index is 12.8. The van der Waals surface area contributed by atoms with Crippen LogP contribution >= 0.6 is 23.8 Å². The molecule has 0 unspecified atom stereocenters. The number of benzene rings is 1. The Morgan fingerprint density at radius 2 is 1.88 bits per heavy atom. The van der Waals surface area contributed by atoms with Gasteiger partial charge >= 0.3 is 0 Å². The third-order valence-electron chi connectivity index (χ3n) is 4.69. The summed E-state index contributed by atoms with van der Waals surface area (Å²) in [6.07, 6.45) is 0. The van der Waals surface area contributed by atoms with E-state index in [9.17, 15) is 8.42 Å². The number of nitrogens with zero attached hydrogens (tertiary/aromatic N) is 2. The Hall–Kier alpha value is -0.970. The van der Waals surface area contributed by atoms with Gasteiger partial charge in [0, 0.05) is 13.1 Å². The van der Waals surface area contributed by atoms with Crippen LogP contribution in [0.4, 0.5) is 5.69 Å².